The Morgan fingerprint density at radius 3 is 2.23 bits per heavy atom. The molecule has 0 aliphatic heterocycles. The lowest BCUT2D eigenvalue weighted by Gasteiger charge is -2.17. The van der Waals surface area contributed by atoms with Crippen molar-refractivity contribution in [1.29, 1.82) is 0 Å². The third-order valence-electron chi connectivity index (χ3n) is 5.11. The van der Waals surface area contributed by atoms with Crippen LogP contribution < -0.4 is 5.73 Å². The molecule has 0 aromatic heterocycles. The number of hydrogen-bond acceptors (Lipinski definition) is 1. The van der Waals surface area contributed by atoms with Crippen LogP contribution in [-0.2, 0) is 6.42 Å². The Hall–Kier alpha value is -2.87. The summed E-state index contributed by atoms with van der Waals surface area (Å²) in [7, 11) is 0. The molecular weight excluding hydrogens is 321 g/mol. The van der Waals surface area contributed by atoms with Gasteiger partial charge >= 0.3 is 0 Å². The minimum atomic E-state index is -0.201. The molecule has 0 fully saturated rings. The fourth-order valence-electron chi connectivity index (χ4n) is 3.80. The summed E-state index contributed by atoms with van der Waals surface area (Å²) in [5, 5.41) is 0. The third-order valence-corrected chi connectivity index (χ3v) is 5.11. The van der Waals surface area contributed by atoms with Crippen molar-refractivity contribution in [2.75, 3.05) is 5.73 Å². The third kappa shape index (κ3) is 3.15. The van der Waals surface area contributed by atoms with Gasteiger partial charge in [0, 0.05) is 5.69 Å². The summed E-state index contributed by atoms with van der Waals surface area (Å²) in [4.78, 5) is 0. The molecule has 1 aliphatic carbocycles. The van der Waals surface area contributed by atoms with Gasteiger partial charge in [-0.2, -0.15) is 0 Å². The van der Waals surface area contributed by atoms with E-state index in [1.165, 1.54) is 33.4 Å². The van der Waals surface area contributed by atoms with Crippen molar-refractivity contribution in [2.24, 2.45) is 0 Å². The standard InChI is InChI=1S/C24H22FN/c1-16-5-7-18(8-6-16)24-22(17-9-11-20(25)12-10-17)4-2-3-19-15-21(26)13-14-23(19)24/h5-15H,2-4,26H2,1H3. The number of aryl methyl sites for hydroxylation is 2. The maximum atomic E-state index is 13.5. The first-order valence-electron chi connectivity index (χ1n) is 9.07. The van der Waals surface area contributed by atoms with Crippen molar-refractivity contribution < 1.29 is 4.39 Å². The van der Waals surface area contributed by atoms with Gasteiger partial charge in [0.15, 0.2) is 0 Å². The molecule has 0 atom stereocenters. The van der Waals surface area contributed by atoms with Crippen LogP contribution in [0.25, 0.3) is 11.1 Å². The lowest BCUT2D eigenvalue weighted by Crippen LogP contribution is -1.97. The van der Waals surface area contributed by atoms with Gasteiger partial charge in [-0.1, -0.05) is 48.0 Å². The largest absolute Gasteiger partial charge is 0.399 e. The Kier molecular flexibility index (Phi) is 4.34. The average molecular weight is 343 g/mol. The first-order valence-corrected chi connectivity index (χ1v) is 9.07. The molecule has 26 heavy (non-hydrogen) atoms. The Labute approximate surface area is 154 Å². The van der Waals surface area contributed by atoms with E-state index in [4.69, 9.17) is 5.73 Å². The van der Waals surface area contributed by atoms with Crippen LogP contribution >= 0.6 is 0 Å². The van der Waals surface area contributed by atoms with Crippen molar-refractivity contribution in [3.63, 3.8) is 0 Å². The minimum absolute atomic E-state index is 0.201. The zero-order chi connectivity index (χ0) is 18.1. The van der Waals surface area contributed by atoms with Crippen LogP contribution in [0.5, 0.6) is 0 Å². The van der Waals surface area contributed by atoms with E-state index in [2.05, 4.69) is 43.3 Å². The summed E-state index contributed by atoms with van der Waals surface area (Å²) in [6, 6.07) is 21.7. The molecule has 4 rings (SSSR count). The Morgan fingerprint density at radius 1 is 0.808 bits per heavy atom. The maximum Gasteiger partial charge on any atom is 0.123 e. The highest BCUT2D eigenvalue weighted by atomic mass is 19.1. The van der Waals surface area contributed by atoms with E-state index < -0.39 is 0 Å². The Balaban J connectivity index is 1.99. The number of hydrogen-bond donors (Lipinski definition) is 1. The van der Waals surface area contributed by atoms with Gasteiger partial charge in [-0.15, -0.1) is 0 Å². The average Bonchev–Trinajstić information content (AvgIpc) is 2.82. The molecule has 3 aromatic rings. The molecule has 2 N–H and O–H groups in total. The maximum absolute atomic E-state index is 13.5. The number of benzene rings is 3. The lowest BCUT2D eigenvalue weighted by molar-refractivity contribution is 0.627. The van der Waals surface area contributed by atoms with Crippen molar-refractivity contribution in [1.82, 2.24) is 0 Å². The SMILES string of the molecule is Cc1ccc(C2=C(c3ccc(F)cc3)CCCc3cc(N)ccc32)cc1. The molecule has 3 aromatic carbocycles. The molecule has 0 spiro atoms. The number of nitrogen functional groups attached to an aromatic ring is 1. The van der Waals surface area contributed by atoms with Crippen LogP contribution in [-0.4, -0.2) is 0 Å². The predicted molar refractivity (Wildman–Crippen MR) is 107 cm³/mol. The quantitative estimate of drug-likeness (QED) is 0.566. The summed E-state index contributed by atoms with van der Waals surface area (Å²) in [6.45, 7) is 2.10. The van der Waals surface area contributed by atoms with Gasteiger partial charge in [0.05, 0.1) is 0 Å². The Bertz CT molecular complexity index is 966. The second-order valence-electron chi connectivity index (χ2n) is 7.00. The molecule has 0 amide bonds. The summed E-state index contributed by atoms with van der Waals surface area (Å²) < 4.78 is 13.5. The molecular formula is C24H22FN. The number of rotatable bonds is 2. The monoisotopic (exact) mass is 343 g/mol. The van der Waals surface area contributed by atoms with Crippen LogP contribution in [0.2, 0.25) is 0 Å². The number of anilines is 1. The van der Waals surface area contributed by atoms with Crippen molar-refractivity contribution >= 4 is 16.8 Å². The molecule has 0 unspecified atom stereocenters. The molecule has 1 nitrogen and oxygen atoms in total. The normalized spacial score (nSPS) is 14.1. The van der Waals surface area contributed by atoms with Gasteiger partial charge < -0.3 is 5.73 Å². The fraction of sp³-hybridized carbons (Fsp3) is 0.167. The van der Waals surface area contributed by atoms with Gasteiger partial charge in [-0.05, 0) is 83.9 Å². The summed E-state index contributed by atoms with van der Waals surface area (Å²) >= 11 is 0. The Morgan fingerprint density at radius 2 is 1.50 bits per heavy atom. The summed E-state index contributed by atoms with van der Waals surface area (Å²) in [5.41, 5.74) is 15.4. The zero-order valence-electron chi connectivity index (χ0n) is 14.9. The van der Waals surface area contributed by atoms with Crippen LogP contribution in [0.15, 0.2) is 66.7 Å². The molecule has 0 bridgehead atoms. The van der Waals surface area contributed by atoms with Crippen molar-refractivity contribution in [3.05, 3.63) is 100 Å². The van der Waals surface area contributed by atoms with E-state index in [1.807, 2.05) is 18.2 Å². The van der Waals surface area contributed by atoms with E-state index >= 15 is 0 Å². The van der Waals surface area contributed by atoms with Crippen LogP contribution in [0, 0.1) is 12.7 Å². The van der Waals surface area contributed by atoms with Gasteiger partial charge in [0.25, 0.3) is 0 Å². The predicted octanol–water partition coefficient (Wildman–Crippen LogP) is 6.01. The molecule has 130 valence electrons. The first-order chi connectivity index (χ1) is 12.6. The van der Waals surface area contributed by atoms with Crippen LogP contribution in [0.3, 0.4) is 0 Å². The number of nitrogens with two attached hydrogens (primary N) is 1. The fourth-order valence-corrected chi connectivity index (χ4v) is 3.80. The summed E-state index contributed by atoms with van der Waals surface area (Å²) in [5.74, 6) is -0.201. The van der Waals surface area contributed by atoms with Crippen molar-refractivity contribution in [3.8, 4) is 0 Å². The highest BCUT2D eigenvalue weighted by Gasteiger charge is 2.20. The van der Waals surface area contributed by atoms with E-state index in [1.54, 1.807) is 12.1 Å². The van der Waals surface area contributed by atoms with Crippen LogP contribution in [0.1, 0.15) is 40.7 Å². The summed E-state index contributed by atoms with van der Waals surface area (Å²) in [6.07, 6.45) is 3.02. The number of fused-ring (bicyclic) bond motifs is 1. The topological polar surface area (TPSA) is 26.0 Å². The highest BCUT2D eigenvalue weighted by Crippen LogP contribution is 2.40. The number of halogens is 1. The molecule has 0 saturated carbocycles. The van der Waals surface area contributed by atoms with E-state index in [0.717, 1.165) is 30.5 Å². The molecule has 0 heterocycles. The van der Waals surface area contributed by atoms with Crippen LogP contribution in [0.4, 0.5) is 10.1 Å². The van der Waals surface area contributed by atoms with E-state index in [-0.39, 0.29) is 5.82 Å². The molecule has 1 aliphatic rings. The van der Waals surface area contributed by atoms with Gasteiger partial charge in [0.1, 0.15) is 5.82 Å². The van der Waals surface area contributed by atoms with Crippen molar-refractivity contribution in [2.45, 2.75) is 26.2 Å². The zero-order valence-corrected chi connectivity index (χ0v) is 14.9. The second kappa shape index (κ2) is 6.80. The van der Waals surface area contributed by atoms with Gasteiger partial charge in [-0.25, -0.2) is 4.39 Å². The smallest absolute Gasteiger partial charge is 0.123 e. The van der Waals surface area contributed by atoms with Gasteiger partial charge in [-0.3, -0.25) is 0 Å². The highest BCUT2D eigenvalue weighted by molar-refractivity contribution is 6.00. The van der Waals surface area contributed by atoms with E-state index in [0.29, 0.717) is 0 Å². The molecule has 0 radical (unpaired) electrons. The lowest BCUT2D eigenvalue weighted by atomic mass is 9.87. The minimum Gasteiger partial charge on any atom is -0.399 e. The molecule has 2 heteroatoms. The second-order valence-corrected chi connectivity index (χ2v) is 7.00. The van der Waals surface area contributed by atoms with E-state index in [9.17, 15) is 4.39 Å². The molecule has 0 saturated heterocycles. The number of allylic oxidation sites excluding steroid dienone is 1. The first kappa shape index (κ1) is 16.6. The van der Waals surface area contributed by atoms with Gasteiger partial charge in [0.2, 0.25) is 0 Å².